The SMILES string of the molecule is COC1CN(C)CCC1CS(C)(=O)=O. The lowest BCUT2D eigenvalue weighted by Crippen LogP contribution is -2.45. The number of likely N-dealkylation sites (N-methyl/N-ethyl adjacent to an activating group) is 1. The highest BCUT2D eigenvalue weighted by molar-refractivity contribution is 7.90. The number of likely N-dealkylation sites (tertiary alicyclic amines) is 1. The fraction of sp³-hybridized carbons (Fsp3) is 1.00. The number of piperidine rings is 1. The molecule has 4 nitrogen and oxygen atoms in total. The van der Waals surface area contributed by atoms with Crippen molar-refractivity contribution in [3.05, 3.63) is 0 Å². The van der Waals surface area contributed by atoms with E-state index in [4.69, 9.17) is 4.74 Å². The van der Waals surface area contributed by atoms with Crippen molar-refractivity contribution in [2.24, 2.45) is 5.92 Å². The molecule has 1 heterocycles. The van der Waals surface area contributed by atoms with Crippen molar-refractivity contribution < 1.29 is 13.2 Å². The van der Waals surface area contributed by atoms with E-state index in [1.807, 2.05) is 7.05 Å². The molecule has 0 saturated carbocycles. The predicted molar refractivity (Wildman–Crippen MR) is 56.1 cm³/mol. The molecule has 14 heavy (non-hydrogen) atoms. The predicted octanol–water partition coefficient (Wildman–Crippen LogP) is -0.00230. The summed E-state index contributed by atoms with van der Waals surface area (Å²) in [6.45, 7) is 1.79. The van der Waals surface area contributed by atoms with Gasteiger partial charge in [0.1, 0.15) is 9.84 Å². The second kappa shape index (κ2) is 4.59. The monoisotopic (exact) mass is 221 g/mol. The first-order valence-corrected chi connectivity index (χ1v) is 6.87. The van der Waals surface area contributed by atoms with Crippen LogP contribution in [0.25, 0.3) is 0 Å². The van der Waals surface area contributed by atoms with Crippen LogP contribution in [-0.2, 0) is 14.6 Å². The molecule has 2 atom stereocenters. The zero-order valence-corrected chi connectivity index (χ0v) is 9.88. The molecule has 1 rings (SSSR count). The summed E-state index contributed by atoms with van der Waals surface area (Å²) in [5.74, 6) is 0.408. The fourth-order valence-electron chi connectivity index (χ4n) is 1.97. The van der Waals surface area contributed by atoms with Crippen molar-refractivity contribution >= 4 is 9.84 Å². The first-order valence-electron chi connectivity index (χ1n) is 4.81. The average molecular weight is 221 g/mol. The summed E-state index contributed by atoms with van der Waals surface area (Å²) in [7, 11) is 0.800. The van der Waals surface area contributed by atoms with Crippen LogP contribution in [0, 0.1) is 5.92 Å². The van der Waals surface area contributed by atoms with Gasteiger partial charge in [0.25, 0.3) is 0 Å². The van der Waals surface area contributed by atoms with E-state index in [1.54, 1.807) is 7.11 Å². The average Bonchev–Trinajstić information content (AvgIpc) is 2.06. The van der Waals surface area contributed by atoms with E-state index in [-0.39, 0.29) is 17.8 Å². The lowest BCUT2D eigenvalue weighted by atomic mass is 9.96. The minimum absolute atomic E-state index is 0.0588. The molecule has 0 spiro atoms. The van der Waals surface area contributed by atoms with Crippen LogP contribution in [0.5, 0.6) is 0 Å². The minimum atomic E-state index is -2.88. The zero-order valence-electron chi connectivity index (χ0n) is 9.06. The Labute approximate surface area is 86.2 Å². The first-order chi connectivity index (χ1) is 6.42. The lowest BCUT2D eigenvalue weighted by molar-refractivity contribution is 0.00439. The standard InChI is InChI=1S/C9H19NO3S/c1-10-5-4-8(7-14(3,11)12)9(6-10)13-2/h8-9H,4-7H2,1-3H3. The molecule has 0 amide bonds. The molecule has 0 radical (unpaired) electrons. The van der Waals surface area contributed by atoms with Gasteiger partial charge in [-0.1, -0.05) is 0 Å². The normalized spacial score (nSPS) is 30.5. The molecule has 0 N–H and O–H groups in total. The van der Waals surface area contributed by atoms with Gasteiger partial charge in [-0.3, -0.25) is 0 Å². The molecule has 0 aliphatic carbocycles. The zero-order chi connectivity index (χ0) is 10.8. The molecule has 0 aromatic rings. The molecule has 1 fully saturated rings. The Balaban J connectivity index is 2.59. The first kappa shape index (κ1) is 11.9. The van der Waals surface area contributed by atoms with Gasteiger partial charge >= 0.3 is 0 Å². The molecule has 0 bridgehead atoms. The van der Waals surface area contributed by atoms with Crippen molar-refractivity contribution in [2.75, 3.05) is 39.3 Å². The topological polar surface area (TPSA) is 46.6 Å². The van der Waals surface area contributed by atoms with Crippen LogP contribution >= 0.6 is 0 Å². The van der Waals surface area contributed by atoms with E-state index < -0.39 is 9.84 Å². The summed E-state index contributed by atoms with van der Waals surface area (Å²) in [5, 5.41) is 0. The maximum Gasteiger partial charge on any atom is 0.147 e. The third kappa shape index (κ3) is 3.55. The summed E-state index contributed by atoms with van der Waals surface area (Å²) < 4.78 is 27.7. The van der Waals surface area contributed by atoms with Crippen molar-refractivity contribution in [3.63, 3.8) is 0 Å². The number of ether oxygens (including phenoxy) is 1. The van der Waals surface area contributed by atoms with Gasteiger partial charge in [0.05, 0.1) is 11.9 Å². The molecule has 5 heteroatoms. The Bertz CT molecular complexity index is 276. The van der Waals surface area contributed by atoms with Gasteiger partial charge in [-0.25, -0.2) is 8.42 Å². The van der Waals surface area contributed by atoms with Gasteiger partial charge < -0.3 is 9.64 Å². The van der Waals surface area contributed by atoms with Crippen molar-refractivity contribution in [1.82, 2.24) is 4.90 Å². The Kier molecular flexibility index (Phi) is 3.92. The number of sulfone groups is 1. The van der Waals surface area contributed by atoms with E-state index in [2.05, 4.69) is 4.90 Å². The Morgan fingerprint density at radius 1 is 1.50 bits per heavy atom. The summed E-state index contributed by atoms with van der Waals surface area (Å²) >= 11 is 0. The van der Waals surface area contributed by atoms with Crippen LogP contribution in [-0.4, -0.2) is 58.7 Å². The van der Waals surface area contributed by atoms with Crippen molar-refractivity contribution in [3.8, 4) is 0 Å². The number of rotatable bonds is 3. The maximum atomic E-state index is 11.2. The minimum Gasteiger partial charge on any atom is -0.380 e. The Morgan fingerprint density at radius 2 is 2.14 bits per heavy atom. The van der Waals surface area contributed by atoms with Crippen LogP contribution < -0.4 is 0 Å². The van der Waals surface area contributed by atoms with Crippen LogP contribution in [0.4, 0.5) is 0 Å². The lowest BCUT2D eigenvalue weighted by Gasteiger charge is -2.35. The van der Waals surface area contributed by atoms with E-state index in [0.717, 1.165) is 19.5 Å². The van der Waals surface area contributed by atoms with E-state index in [9.17, 15) is 8.42 Å². The van der Waals surface area contributed by atoms with E-state index in [0.29, 0.717) is 0 Å². The third-order valence-electron chi connectivity index (χ3n) is 2.72. The molecule has 84 valence electrons. The maximum absolute atomic E-state index is 11.2. The molecule has 0 aromatic heterocycles. The van der Waals surface area contributed by atoms with Crippen LogP contribution in [0.15, 0.2) is 0 Å². The van der Waals surface area contributed by atoms with E-state index in [1.165, 1.54) is 6.26 Å². The van der Waals surface area contributed by atoms with Crippen LogP contribution in [0.1, 0.15) is 6.42 Å². The highest BCUT2D eigenvalue weighted by Crippen LogP contribution is 2.20. The molecule has 0 aromatic carbocycles. The molecule has 2 unspecified atom stereocenters. The Hall–Kier alpha value is -0.130. The fourth-order valence-corrected chi connectivity index (χ4v) is 3.13. The summed E-state index contributed by atoms with van der Waals surface area (Å²) in [6.07, 6.45) is 2.25. The van der Waals surface area contributed by atoms with Gasteiger partial charge in [0.2, 0.25) is 0 Å². The van der Waals surface area contributed by atoms with E-state index >= 15 is 0 Å². The molecule has 1 aliphatic heterocycles. The Morgan fingerprint density at radius 3 is 2.64 bits per heavy atom. The molecular weight excluding hydrogens is 202 g/mol. The summed E-state index contributed by atoms with van der Waals surface area (Å²) in [4.78, 5) is 2.17. The third-order valence-corrected chi connectivity index (χ3v) is 3.75. The number of nitrogens with zero attached hydrogens (tertiary/aromatic N) is 1. The quantitative estimate of drug-likeness (QED) is 0.673. The highest BCUT2D eigenvalue weighted by Gasteiger charge is 2.29. The molecule has 1 aliphatic rings. The number of methoxy groups -OCH3 is 1. The highest BCUT2D eigenvalue weighted by atomic mass is 32.2. The van der Waals surface area contributed by atoms with Crippen LogP contribution in [0.3, 0.4) is 0 Å². The largest absolute Gasteiger partial charge is 0.380 e. The van der Waals surface area contributed by atoms with Gasteiger partial charge in [-0.15, -0.1) is 0 Å². The molecule has 1 saturated heterocycles. The van der Waals surface area contributed by atoms with Gasteiger partial charge in [-0.2, -0.15) is 0 Å². The molecular formula is C9H19NO3S. The second-order valence-corrected chi connectivity index (χ2v) is 6.36. The number of hydrogen-bond acceptors (Lipinski definition) is 4. The van der Waals surface area contributed by atoms with Crippen molar-refractivity contribution in [2.45, 2.75) is 12.5 Å². The van der Waals surface area contributed by atoms with Crippen molar-refractivity contribution in [1.29, 1.82) is 0 Å². The number of hydrogen-bond donors (Lipinski definition) is 0. The summed E-state index contributed by atoms with van der Waals surface area (Å²) in [6, 6.07) is 0. The summed E-state index contributed by atoms with van der Waals surface area (Å²) in [5.41, 5.74) is 0. The van der Waals surface area contributed by atoms with Gasteiger partial charge in [0, 0.05) is 25.8 Å². The van der Waals surface area contributed by atoms with Crippen LogP contribution in [0.2, 0.25) is 0 Å². The second-order valence-electron chi connectivity index (χ2n) is 4.18. The van der Waals surface area contributed by atoms with Gasteiger partial charge in [-0.05, 0) is 20.0 Å². The van der Waals surface area contributed by atoms with Gasteiger partial charge in [0.15, 0.2) is 0 Å². The smallest absolute Gasteiger partial charge is 0.147 e.